The van der Waals surface area contributed by atoms with Crippen LogP contribution in [0.2, 0.25) is 5.02 Å². The van der Waals surface area contributed by atoms with Crippen molar-refractivity contribution in [2.45, 2.75) is 13.3 Å². The zero-order chi connectivity index (χ0) is 10.6. The van der Waals surface area contributed by atoms with E-state index in [9.17, 15) is 0 Å². The number of hydrogen-bond acceptors (Lipinski definition) is 1. The quantitative estimate of drug-likeness (QED) is 0.887. The second-order valence-corrected chi connectivity index (χ2v) is 4.30. The number of hydrogen-bond donors (Lipinski definition) is 1. The van der Waals surface area contributed by atoms with Gasteiger partial charge in [0, 0.05) is 9.50 Å². The van der Waals surface area contributed by atoms with Crippen molar-refractivity contribution < 1.29 is 5.11 Å². The second-order valence-electron chi connectivity index (χ2n) is 2.98. The molecule has 14 heavy (non-hydrogen) atoms. The predicted octanol–water partition coefficient (Wildman–Crippen LogP) is 3.89. The van der Waals surface area contributed by atoms with Crippen molar-refractivity contribution in [1.82, 2.24) is 0 Å². The normalized spacial score (nSPS) is 11.9. The first kappa shape index (κ1) is 11.8. The van der Waals surface area contributed by atoms with Crippen molar-refractivity contribution in [2.75, 3.05) is 6.61 Å². The Morgan fingerprint density at radius 2 is 2.29 bits per heavy atom. The van der Waals surface area contributed by atoms with E-state index in [1.54, 1.807) is 0 Å². The fraction of sp³-hybridized carbons (Fsp3) is 0.273. The Bertz CT molecular complexity index is 341. The lowest BCUT2D eigenvalue weighted by molar-refractivity contribution is 0.329. The predicted molar refractivity (Wildman–Crippen MR) is 64.5 cm³/mol. The molecule has 0 spiro atoms. The van der Waals surface area contributed by atoms with Gasteiger partial charge in [-0.3, -0.25) is 0 Å². The topological polar surface area (TPSA) is 20.2 Å². The summed E-state index contributed by atoms with van der Waals surface area (Å²) in [6, 6.07) is 5.71. The van der Waals surface area contributed by atoms with Crippen LogP contribution in [-0.4, -0.2) is 11.7 Å². The molecule has 1 aromatic carbocycles. The van der Waals surface area contributed by atoms with Crippen LogP contribution in [0.15, 0.2) is 28.2 Å². The van der Waals surface area contributed by atoms with E-state index in [0.717, 1.165) is 22.0 Å². The lowest BCUT2D eigenvalue weighted by Gasteiger charge is -2.02. The van der Waals surface area contributed by atoms with Gasteiger partial charge in [-0.2, -0.15) is 0 Å². The van der Waals surface area contributed by atoms with Gasteiger partial charge in [0.05, 0.1) is 6.61 Å². The zero-order valence-electron chi connectivity index (χ0n) is 7.93. The highest BCUT2D eigenvalue weighted by Gasteiger charge is 1.99. The van der Waals surface area contributed by atoms with Gasteiger partial charge in [-0.05, 0) is 29.7 Å². The van der Waals surface area contributed by atoms with Gasteiger partial charge in [0.2, 0.25) is 0 Å². The largest absolute Gasteiger partial charge is 0.392 e. The van der Waals surface area contributed by atoms with Crippen molar-refractivity contribution >= 4 is 33.6 Å². The second kappa shape index (κ2) is 5.54. The van der Waals surface area contributed by atoms with Crippen LogP contribution < -0.4 is 0 Å². The van der Waals surface area contributed by atoms with Gasteiger partial charge < -0.3 is 5.11 Å². The molecule has 3 heteroatoms. The summed E-state index contributed by atoms with van der Waals surface area (Å²) in [7, 11) is 0. The molecule has 0 radical (unpaired) electrons. The summed E-state index contributed by atoms with van der Waals surface area (Å²) in [4.78, 5) is 0. The van der Waals surface area contributed by atoms with Gasteiger partial charge in [0.15, 0.2) is 0 Å². The molecular formula is C11H12BrClO. The van der Waals surface area contributed by atoms with Crippen molar-refractivity contribution in [1.29, 1.82) is 0 Å². The monoisotopic (exact) mass is 274 g/mol. The average Bonchev–Trinajstić information content (AvgIpc) is 2.17. The first-order valence-electron chi connectivity index (χ1n) is 4.42. The van der Waals surface area contributed by atoms with E-state index in [-0.39, 0.29) is 6.61 Å². The Morgan fingerprint density at radius 1 is 1.57 bits per heavy atom. The summed E-state index contributed by atoms with van der Waals surface area (Å²) in [6.45, 7) is 2.09. The van der Waals surface area contributed by atoms with Gasteiger partial charge >= 0.3 is 0 Å². The Hall–Kier alpha value is -0.310. The molecule has 0 aliphatic heterocycles. The minimum absolute atomic E-state index is 0.0862. The van der Waals surface area contributed by atoms with Crippen LogP contribution in [0.5, 0.6) is 0 Å². The van der Waals surface area contributed by atoms with Gasteiger partial charge in [0.25, 0.3) is 0 Å². The highest BCUT2D eigenvalue weighted by Crippen LogP contribution is 2.23. The number of aliphatic hydroxyl groups excluding tert-OH is 1. The molecule has 0 atom stereocenters. The third-order valence-electron chi connectivity index (χ3n) is 1.98. The molecular weight excluding hydrogens is 263 g/mol. The van der Waals surface area contributed by atoms with Crippen molar-refractivity contribution in [3.8, 4) is 0 Å². The molecule has 1 nitrogen and oxygen atoms in total. The number of benzene rings is 1. The summed E-state index contributed by atoms with van der Waals surface area (Å²) >= 11 is 9.37. The lowest BCUT2D eigenvalue weighted by atomic mass is 10.1. The average molecular weight is 276 g/mol. The van der Waals surface area contributed by atoms with E-state index < -0.39 is 0 Å². The Morgan fingerprint density at radius 3 is 2.79 bits per heavy atom. The molecule has 1 N–H and O–H groups in total. The molecule has 0 heterocycles. The van der Waals surface area contributed by atoms with E-state index in [0.29, 0.717) is 5.02 Å². The molecule has 0 unspecified atom stereocenters. The van der Waals surface area contributed by atoms with Gasteiger partial charge in [-0.1, -0.05) is 46.6 Å². The number of halogens is 2. The summed E-state index contributed by atoms with van der Waals surface area (Å²) < 4.78 is 0.960. The van der Waals surface area contributed by atoms with E-state index in [1.165, 1.54) is 0 Å². The minimum atomic E-state index is 0.0862. The molecule has 0 saturated heterocycles. The van der Waals surface area contributed by atoms with Gasteiger partial charge in [-0.25, -0.2) is 0 Å². The van der Waals surface area contributed by atoms with Crippen LogP contribution in [0.4, 0.5) is 0 Å². The molecule has 0 bridgehead atoms. The molecule has 0 fully saturated rings. The highest BCUT2D eigenvalue weighted by atomic mass is 79.9. The molecule has 0 amide bonds. The fourth-order valence-electron chi connectivity index (χ4n) is 1.10. The summed E-state index contributed by atoms with van der Waals surface area (Å²) in [5, 5.41) is 9.71. The molecule has 0 aromatic heterocycles. The van der Waals surface area contributed by atoms with Crippen molar-refractivity contribution in [3.05, 3.63) is 38.8 Å². The smallest absolute Gasteiger partial charge is 0.0644 e. The summed E-state index contributed by atoms with van der Waals surface area (Å²) in [6.07, 6.45) is 2.76. The SMILES string of the molecule is CC/C(=C/c1ccc(Br)cc1Cl)CO. The zero-order valence-corrected chi connectivity index (χ0v) is 10.3. The van der Waals surface area contributed by atoms with E-state index in [4.69, 9.17) is 16.7 Å². The van der Waals surface area contributed by atoms with Crippen molar-refractivity contribution in [3.63, 3.8) is 0 Å². The van der Waals surface area contributed by atoms with Gasteiger partial charge in [0.1, 0.15) is 0 Å². The standard InChI is InChI=1S/C11H12BrClO/c1-2-8(7-14)5-9-3-4-10(12)6-11(9)13/h3-6,14H,2,7H2,1H3/b8-5-. The first-order valence-corrected chi connectivity index (χ1v) is 5.59. The van der Waals surface area contributed by atoms with Crippen molar-refractivity contribution in [2.24, 2.45) is 0 Å². The van der Waals surface area contributed by atoms with Gasteiger partial charge in [-0.15, -0.1) is 0 Å². The molecule has 0 aliphatic carbocycles. The van der Waals surface area contributed by atoms with Crippen LogP contribution in [-0.2, 0) is 0 Å². The van der Waals surface area contributed by atoms with E-state index >= 15 is 0 Å². The van der Waals surface area contributed by atoms with Crippen LogP contribution in [0.3, 0.4) is 0 Å². The maximum atomic E-state index is 9.01. The van der Waals surface area contributed by atoms with Crippen LogP contribution >= 0.6 is 27.5 Å². The maximum absolute atomic E-state index is 9.01. The van der Waals surface area contributed by atoms with E-state index in [1.807, 2.05) is 31.2 Å². The molecule has 0 aliphatic rings. The van der Waals surface area contributed by atoms with Crippen LogP contribution in [0.1, 0.15) is 18.9 Å². The lowest BCUT2D eigenvalue weighted by Crippen LogP contribution is -1.88. The summed E-state index contributed by atoms with van der Waals surface area (Å²) in [5.74, 6) is 0. The highest BCUT2D eigenvalue weighted by molar-refractivity contribution is 9.10. The third kappa shape index (κ3) is 3.12. The maximum Gasteiger partial charge on any atom is 0.0644 e. The van der Waals surface area contributed by atoms with Crippen LogP contribution in [0.25, 0.3) is 6.08 Å². The molecule has 1 rings (SSSR count). The Labute approximate surface area is 97.5 Å². The number of rotatable bonds is 3. The van der Waals surface area contributed by atoms with E-state index in [2.05, 4.69) is 15.9 Å². The molecule has 1 aromatic rings. The van der Waals surface area contributed by atoms with Crippen LogP contribution in [0, 0.1) is 0 Å². The fourth-order valence-corrected chi connectivity index (χ4v) is 1.83. The first-order chi connectivity index (χ1) is 6.67. The Balaban J connectivity index is 3.02. The third-order valence-corrected chi connectivity index (χ3v) is 2.80. The Kier molecular flexibility index (Phi) is 4.66. The summed E-state index contributed by atoms with van der Waals surface area (Å²) in [5.41, 5.74) is 1.93. The molecule has 0 saturated carbocycles. The molecule has 76 valence electrons. The number of aliphatic hydroxyl groups is 1. The minimum Gasteiger partial charge on any atom is -0.392 e.